The van der Waals surface area contributed by atoms with Gasteiger partial charge in [0.25, 0.3) is 0 Å². The van der Waals surface area contributed by atoms with Gasteiger partial charge in [0.15, 0.2) is 0 Å². The summed E-state index contributed by atoms with van der Waals surface area (Å²) in [5.74, 6) is 0. The van der Waals surface area contributed by atoms with Crippen LogP contribution in [-0.4, -0.2) is 52.9 Å². The Kier molecular flexibility index (Phi) is 15.7. The van der Waals surface area contributed by atoms with Crippen LogP contribution in [0.25, 0.3) is 0 Å². The van der Waals surface area contributed by atoms with Crippen LogP contribution in [0.4, 0.5) is 0 Å². The second-order valence-electron chi connectivity index (χ2n) is 6.76. The first kappa shape index (κ1) is 26.4. The molecule has 0 aromatic rings. The topological polar surface area (TPSA) is 36.9 Å². The fourth-order valence-electron chi connectivity index (χ4n) is 3.73. The summed E-state index contributed by atoms with van der Waals surface area (Å²) < 4.78 is 21.3. The quantitative estimate of drug-likeness (QED) is 0.659. The zero-order chi connectivity index (χ0) is 16.3. The van der Waals surface area contributed by atoms with Crippen LogP contribution in [0.3, 0.4) is 0 Å². The van der Waals surface area contributed by atoms with Crippen molar-refractivity contribution in [2.45, 2.75) is 82.8 Å². The summed E-state index contributed by atoms with van der Waals surface area (Å²) in [6, 6.07) is 0. The molecule has 0 unspecified atom stereocenters. The molecule has 0 spiro atoms. The van der Waals surface area contributed by atoms with Crippen molar-refractivity contribution in [1.82, 2.24) is 0 Å². The molecular weight excluding hydrogens is 328 g/mol. The van der Waals surface area contributed by atoms with Gasteiger partial charge in [0.05, 0.1) is 24.4 Å². The summed E-state index contributed by atoms with van der Waals surface area (Å²) in [7, 11) is 7.08. The lowest BCUT2D eigenvalue weighted by molar-refractivity contribution is -0.0858. The second kappa shape index (κ2) is 14.3. The van der Waals surface area contributed by atoms with Crippen LogP contribution in [0.1, 0.15) is 71.6 Å². The first-order valence-corrected chi connectivity index (χ1v) is 8.74. The van der Waals surface area contributed by atoms with E-state index in [2.05, 4.69) is 0 Å². The Balaban J connectivity index is 0. The SMILES string of the molecule is C.COCC1(OC)CCCCC1.COCC1(OC)CCCCC1.Cl. The summed E-state index contributed by atoms with van der Waals surface area (Å²) in [6.45, 7) is 1.51. The molecule has 0 atom stereocenters. The van der Waals surface area contributed by atoms with Crippen LogP contribution in [0, 0.1) is 0 Å². The summed E-state index contributed by atoms with van der Waals surface area (Å²) in [5, 5.41) is 0. The largest absolute Gasteiger partial charge is 0.382 e. The first-order chi connectivity index (χ1) is 10.7. The van der Waals surface area contributed by atoms with Gasteiger partial charge >= 0.3 is 0 Å². The molecule has 0 heterocycles. The molecule has 2 fully saturated rings. The number of hydrogen-bond acceptors (Lipinski definition) is 4. The summed E-state index contributed by atoms with van der Waals surface area (Å²) >= 11 is 0. The smallest absolute Gasteiger partial charge is 0.0910 e. The van der Waals surface area contributed by atoms with E-state index in [0.717, 1.165) is 38.9 Å². The molecule has 2 aliphatic rings. The number of halogens is 1. The van der Waals surface area contributed by atoms with Crippen LogP contribution in [0.15, 0.2) is 0 Å². The zero-order valence-corrected chi connectivity index (χ0v) is 16.3. The third-order valence-electron chi connectivity index (χ3n) is 5.21. The lowest BCUT2D eigenvalue weighted by Gasteiger charge is -2.35. The van der Waals surface area contributed by atoms with Crippen LogP contribution >= 0.6 is 12.4 Å². The second-order valence-corrected chi connectivity index (χ2v) is 6.76. The maximum atomic E-state index is 5.49. The molecule has 0 saturated heterocycles. The predicted molar refractivity (Wildman–Crippen MR) is 103 cm³/mol. The van der Waals surface area contributed by atoms with Gasteiger partial charge in [-0.1, -0.05) is 46.0 Å². The first-order valence-electron chi connectivity index (χ1n) is 8.74. The van der Waals surface area contributed by atoms with Gasteiger partial charge in [-0.2, -0.15) is 0 Å². The lowest BCUT2D eigenvalue weighted by Crippen LogP contribution is -2.38. The van der Waals surface area contributed by atoms with E-state index in [9.17, 15) is 0 Å². The van der Waals surface area contributed by atoms with E-state index in [-0.39, 0.29) is 31.0 Å². The Hall–Kier alpha value is 0.130. The van der Waals surface area contributed by atoms with Crippen molar-refractivity contribution >= 4 is 12.4 Å². The van der Waals surface area contributed by atoms with E-state index >= 15 is 0 Å². The zero-order valence-electron chi connectivity index (χ0n) is 15.5. The molecule has 2 rings (SSSR count). The van der Waals surface area contributed by atoms with Crippen molar-refractivity contribution in [2.24, 2.45) is 0 Å². The minimum absolute atomic E-state index is 0. The van der Waals surface area contributed by atoms with E-state index < -0.39 is 0 Å². The van der Waals surface area contributed by atoms with Gasteiger partial charge in [-0.25, -0.2) is 0 Å². The van der Waals surface area contributed by atoms with Crippen molar-refractivity contribution in [3.8, 4) is 0 Å². The lowest BCUT2D eigenvalue weighted by atomic mass is 9.85. The molecule has 0 N–H and O–H groups in total. The normalized spacial score (nSPS) is 21.5. The van der Waals surface area contributed by atoms with Gasteiger partial charge in [0.1, 0.15) is 0 Å². The molecule has 24 heavy (non-hydrogen) atoms. The highest BCUT2D eigenvalue weighted by Crippen LogP contribution is 2.31. The summed E-state index contributed by atoms with van der Waals surface area (Å²) in [5.41, 5.74) is 0.0972. The standard InChI is InChI=1S/2C9H18O2.CH4.ClH/c2*1-10-8-9(11-2)6-4-3-5-7-9;;/h2*3-8H2,1-2H3;1H4;1H. The molecule has 0 amide bonds. The Bertz CT molecular complexity index is 236. The van der Waals surface area contributed by atoms with Crippen molar-refractivity contribution < 1.29 is 18.9 Å². The highest BCUT2D eigenvalue weighted by atomic mass is 35.5. The third-order valence-corrected chi connectivity index (χ3v) is 5.21. The Morgan fingerprint density at radius 1 is 0.583 bits per heavy atom. The van der Waals surface area contributed by atoms with Crippen LogP contribution < -0.4 is 0 Å². The molecule has 2 saturated carbocycles. The van der Waals surface area contributed by atoms with Crippen molar-refractivity contribution in [3.05, 3.63) is 0 Å². The van der Waals surface area contributed by atoms with Gasteiger partial charge in [-0.05, 0) is 25.7 Å². The van der Waals surface area contributed by atoms with Crippen molar-refractivity contribution in [1.29, 1.82) is 0 Å². The number of hydrogen-bond donors (Lipinski definition) is 0. The van der Waals surface area contributed by atoms with E-state index in [1.165, 1.54) is 38.5 Å². The average Bonchev–Trinajstić information content (AvgIpc) is 2.58. The third kappa shape index (κ3) is 8.48. The minimum atomic E-state index is 0. The summed E-state index contributed by atoms with van der Waals surface area (Å²) in [6.07, 6.45) is 12.5. The molecule has 148 valence electrons. The fraction of sp³-hybridized carbons (Fsp3) is 1.00. The maximum absolute atomic E-state index is 5.49. The van der Waals surface area contributed by atoms with E-state index in [0.29, 0.717) is 0 Å². The van der Waals surface area contributed by atoms with Gasteiger partial charge in [-0.15, -0.1) is 12.4 Å². The van der Waals surface area contributed by atoms with Gasteiger partial charge in [-0.3, -0.25) is 0 Å². The fourth-order valence-corrected chi connectivity index (χ4v) is 3.73. The number of methoxy groups -OCH3 is 4. The van der Waals surface area contributed by atoms with Crippen molar-refractivity contribution in [3.63, 3.8) is 0 Å². The van der Waals surface area contributed by atoms with Crippen molar-refractivity contribution in [2.75, 3.05) is 41.7 Å². The minimum Gasteiger partial charge on any atom is -0.382 e. The summed E-state index contributed by atoms with van der Waals surface area (Å²) in [4.78, 5) is 0. The van der Waals surface area contributed by atoms with E-state index in [4.69, 9.17) is 18.9 Å². The molecule has 0 radical (unpaired) electrons. The van der Waals surface area contributed by atoms with E-state index in [1.54, 1.807) is 28.4 Å². The number of ether oxygens (including phenoxy) is 4. The van der Waals surface area contributed by atoms with Gasteiger partial charge < -0.3 is 18.9 Å². The van der Waals surface area contributed by atoms with Crippen LogP contribution in [-0.2, 0) is 18.9 Å². The average molecular weight is 369 g/mol. The molecule has 0 aromatic carbocycles. The Labute approximate surface area is 156 Å². The molecule has 2 aliphatic carbocycles. The van der Waals surface area contributed by atoms with Crippen LogP contribution in [0.2, 0.25) is 0 Å². The predicted octanol–water partition coefficient (Wildman–Crippen LogP) is 5.02. The molecular formula is C19H41ClO4. The van der Waals surface area contributed by atoms with Gasteiger partial charge in [0.2, 0.25) is 0 Å². The van der Waals surface area contributed by atoms with Gasteiger partial charge in [0, 0.05) is 28.4 Å². The molecule has 0 aromatic heterocycles. The Morgan fingerprint density at radius 2 is 0.875 bits per heavy atom. The Morgan fingerprint density at radius 3 is 1.08 bits per heavy atom. The highest BCUT2D eigenvalue weighted by Gasteiger charge is 2.32. The highest BCUT2D eigenvalue weighted by molar-refractivity contribution is 5.85. The maximum Gasteiger partial charge on any atom is 0.0910 e. The molecule has 0 bridgehead atoms. The molecule has 4 nitrogen and oxygen atoms in total. The monoisotopic (exact) mass is 368 g/mol. The number of rotatable bonds is 6. The van der Waals surface area contributed by atoms with E-state index in [1.807, 2.05) is 0 Å². The molecule has 0 aliphatic heterocycles. The molecule has 5 heteroatoms. The van der Waals surface area contributed by atoms with Crippen LogP contribution in [0.5, 0.6) is 0 Å².